The van der Waals surface area contributed by atoms with Gasteiger partial charge in [0.2, 0.25) is 5.91 Å². The minimum atomic E-state index is -0.706. The van der Waals surface area contributed by atoms with Gasteiger partial charge in [0, 0.05) is 6.54 Å². The lowest BCUT2D eigenvalue weighted by Crippen LogP contribution is -2.37. The Kier molecular flexibility index (Phi) is 6.21. The summed E-state index contributed by atoms with van der Waals surface area (Å²) >= 11 is 0. The maximum absolute atomic E-state index is 12.9. The Hall–Kier alpha value is -3.42. The number of nitrogens with one attached hydrogen (secondary N) is 1. The van der Waals surface area contributed by atoms with Gasteiger partial charge in [-0.05, 0) is 29.8 Å². The highest BCUT2D eigenvalue weighted by atomic mass is 19.1. The predicted octanol–water partition coefficient (Wildman–Crippen LogP) is 1.80. The highest BCUT2D eigenvalue weighted by Crippen LogP contribution is 2.30. The molecular formula is C20H19FN2O5. The van der Waals surface area contributed by atoms with Gasteiger partial charge in [0.1, 0.15) is 18.1 Å². The number of para-hydroxylation sites is 2. The Balaban J connectivity index is 1.50. The first kappa shape index (κ1) is 19.3. The number of carbonyl (C=O) groups excluding carboxylic acids is 3. The Morgan fingerprint density at radius 1 is 1.14 bits per heavy atom. The molecule has 0 saturated carbocycles. The zero-order valence-corrected chi connectivity index (χ0v) is 15.0. The van der Waals surface area contributed by atoms with Gasteiger partial charge in [-0.15, -0.1) is 0 Å². The van der Waals surface area contributed by atoms with E-state index in [0.717, 1.165) is 0 Å². The first-order valence-electron chi connectivity index (χ1n) is 8.72. The molecule has 2 amide bonds. The second kappa shape index (κ2) is 8.98. The van der Waals surface area contributed by atoms with Crippen molar-refractivity contribution in [2.24, 2.45) is 0 Å². The number of rotatable bonds is 6. The van der Waals surface area contributed by atoms with E-state index in [-0.39, 0.29) is 37.8 Å². The van der Waals surface area contributed by atoms with Crippen molar-refractivity contribution in [1.29, 1.82) is 0 Å². The van der Waals surface area contributed by atoms with Crippen LogP contribution in [0.15, 0.2) is 48.5 Å². The number of amides is 2. The van der Waals surface area contributed by atoms with E-state index in [1.807, 2.05) is 0 Å². The van der Waals surface area contributed by atoms with Crippen LogP contribution in [0.2, 0.25) is 0 Å². The van der Waals surface area contributed by atoms with Gasteiger partial charge < -0.3 is 14.8 Å². The van der Waals surface area contributed by atoms with Gasteiger partial charge in [-0.1, -0.05) is 24.3 Å². The Morgan fingerprint density at radius 2 is 1.89 bits per heavy atom. The van der Waals surface area contributed by atoms with Gasteiger partial charge in [-0.2, -0.15) is 0 Å². The minimum Gasteiger partial charge on any atom is -0.491 e. The topological polar surface area (TPSA) is 84.9 Å². The molecule has 0 bridgehead atoms. The standard InChI is InChI=1S/C20H19FN2O5/c21-15-7-5-14(6-8-15)11-22-18(24)13-28-20(26)12-23-16-3-1-2-4-17(16)27-10-9-19(23)25/h1-8H,9-13H2,(H,22,24). The van der Waals surface area contributed by atoms with Crippen LogP contribution in [-0.4, -0.2) is 37.5 Å². The first-order valence-corrected chi connectivity index (χ1v) is 8.72. The zero-order valence-electron chi connectivity index (χ0n) is 15.0. The number of hydrogen-bond donors (Lipinski definition) is 1. The lowest BCUT2D eigenvalue weighted by molar-refractivity contribution is -0.147. The SMILES string of the molecule is O=C(COC(=O)CN1C(=O)CCOc2ccccc21)NCc1ccc(F)cc1. The Bertz CT molecular complexity index is 869. The van der Waals surface area contributed by atoms with Gasteiger partial charge in [-0.3, -0.25) is 19.3 Å². The third kappa shape index (κ3) is 5.06. The summed E-state index contributed by atoms with van der Waals surface area (Å²) in [7, 11) is 0. The molecule has 2 aromatic rings. The van der Waals surface area contributed by atoms with E-state index in [2.05, 4.69) is 5.32 Å². The van der Waals surface area contributed by atoms with Crippen molar-refractivity contribution in [1.82, 2.24) is 5.32 Å². The molecule has 0 atom stereocenters. The number of benzene rings is 2. The van der Waals surface area contributed by atoms with E-state index in [4.69, 9.17) is 9.47 Å². The molecular weight excluding hydrogens is 367 g/mol. The first-order chi connectivity index (χ1) is 13.5. The van der Waals surface area contributed by atoms with Crippen LogP contribution in [0.4, 0.5) is 10.1 Å². The van der Waals surface area contributed by atoms with Crippen LogP contribution < -0.4 is 15.0 Å². The molecule has 0 fully saturated rings. The second-order valence-corrected chi connectivity index (χ2v) is 6.11. The molecule has 1 N–H and O–H groups in total. The number of fused-ring (bicyclic) bond motifs is 1. The molecule has 2 aromatic carbocycles. The summed E-state index contributed by atoms with van der Waals surface area (Å²) in [6, 6.07) is 12.6. The third-order valence-electron chi connectivity index (χ3n) is 4.09. The van der Waals surface area contributed by atoms with Crippen molar-refractivity contribution in [3.63, 3.8) is 0 Å². The third-order valence-corrected chi connectivity index (χ3v) is 4.09. The average Bonchev–Trinajstić information content (AvgIpc) is 2.85. The average molecular weight is 386 g/mol. The molecule has 1 heterocycles. The van der Waals surface area contributed by atoms with Crippen LogP contribution in [0.25, 0.3) is 0 Å². The van der Waals surface area contributed by atoms with E-state index in [1.165, 1.54) is 17.0 Å². The molecule has 3 rings (SSSR count). The smallest absolute Gasteiger partial charge is 0.326 e. The molecule has 146 valence electrons. The van der Waals surface area contributed by atoms with Crippen LogP contribution in [0.1, 0.15) is 12.0 Å². The Labute approximate surface area is 161 Å². The molecule has 7 nitrogen and oxygen atoms in total. The van der Waals surface area contributed by atoms with Crippen molar-refractivity contribution in [2.75, 3.05) is 24.7 Å². The molecule has 0 radical (unpaired) electrons. The van der Waals surface area contributed by atoms with Crippen LogP contribution in [-0.2, 0) is 25.7 Å². The fraction of sp³-hybridized carbons (Fsp3) is 0.250. The number of carbonyl (C=O) groups is 3. The largest absolute Gasteiger partial charge is 0.491 e. The van der Waals surface area contributed by atoms with Crippen LogP contribution in [0.3, 0.4) is 0 Å². The minimum absolute atomic E-state index is 0.139. The Morgan fingerprint density at radius 3 is 2.68 bits per heavy atom. The van der Waals surface area contributed by atoms with E-state index in [0.29, 0.717) is 17.0 Å². The number of esters is 1. The number of nitrogens with zero attached hydrogens (tertiary/aromatic N) is 1. The van der Waals surface area contributed by atoms with Crippen molar-refractivity contribution in [3.05, 3.63) is 59.9 Å². The van der Waals surface area contributed by atoms with E-state index >= 15 is 0 Å². The van der Waals surface area contributed by atoms with Crippen molar-refractivity contribution >= 4 is 23.5 Å². The van der Waals surface area contributed by atoms with Gasteiger partial charge in [0.05, 0.1) is 18.7 Å². The van der Waals surface area contributed by atoms with Crippen molar-refractivity contribution in [2.45, 2.75) is 13.0 Å². The molecule has 28 heavy (non-hydrogen) atoms. The lowest BCUT2D eigenvalue weighted by atomic mass is 10.2. The molecule has 0 saturated heterocycles. The summed E-state index contributed by atoms with van der Waals surface area (Å²) in [5.41, 5.74) is 1.20. The number of hydrogen-bond acceptors (Lipinski definition) is 5. The quantitative estimate of drug-likeness (QED) is 0.766. The summed E-state index contributed by atoms with van der Waals surface area (Å²) in [5.74, 6) is -1.31. The molecule has 1 aliphatic heterocycles. The fourth-order valence-corrected chi connectivity index (χ4v) is 2.67. The molecule has 0 aliphatic carbocycles. The zero-order chi connectivity index (χ0) is 19.9. The number of anilines is 1. The number of ether oxygens (including phenoxy) is 2. The molecule has 1 aliphatic rings. The summed E-state index contributed by atoms with van der Waals surface area (Å²) < 4.78 is 23.3. The van der Waals surface area contributed by atoms with Crippen molar-refractivity contribution in [3.8, 4) is 5.75 Å². The number of halogens is 1. The maximum Gasteiger partial charge on any atom is 0.326 e. The van der Waals surface area contributed by atoms with Crippen LogP contribution >= 0.6 is 0 Å². The van der Waals surface area contributed by atoms with Crippen LogP contribution in [0.5, 0.6) is 5.75 Å². The summed E-state index contributed by atoms with van der Waals surface area (Å²) in [5, 5.41) is 2.57. The summed E-state index contributed by atoms with van der Waals surface area (Å²) in [6.45, 7) is -0.371. The highest BCUT2D eigenvalue weighted by molar-refractivity contribution is 5.99. The van der Waals surface area contributed by atoms with E-state index in [1.54, 1.807) is 36.4 Å². The summed E-state index contributed by atoms with van der Waals surface area (Å²) in [6.07, 6.45) is 0.139. The normalized spacial score (nSPS) is 13.2. The molecule has 0 aromatic heterocycles. The van der Waals surface area contributed by atoms with Gasteiger partial charge >= 0.3 is 5.97 Å². The van der Waals surface area contributed by atoms with Crippen LogP contribution in [0, 0.1) is 5.82 Å². The van der Waals surface area contributed by atoms with Crippen molar-refractivity contribution < 1.29 is 28.2 Å². The molecule has 0 spiro atoms. The molecule has 0 unspecified atom stereocenters. The highest BCUT2D eigenvalue weighted by Gasteiger charge is 2.25. The maximum atomic E-state index is 12.9. The molecule has 8 heteroatoms. The lowest BCUT2D eigenvalue weighted by Gasteiger charge is -2.20. The van der Waals surface area contributed by atoms with Gasteiger partial charge in [0.15, 0.2) is 6.61 Å². The van der Waals surface area contributed by atoms with Gasteiger partial charge in [0.25, 0.3) is 5.91 Å². The van der Waals surface area contributed by atoms with Gasteiger partial charge in [-0.25, -0.2) is 4.39 Å². The predicted molar refractivity (Wildman–Crippen MR) is 98.1 cm³/mol. The fourth-order valence-electron chi connectivity index (χ4n) is 2.67. The monoisotopic (exact) mass is 386 g/mol. The van der Waals surface area contributed by atoms with E-state index in [9.17, 15) is 18.8 Å². The summed E-state index contributed by atoms with van der Waals surface area (Å²) in [4.78, 5) is 37.5. The second-order valence-electron chi connectivity index (χ2n) is 6.11. The van der Waals surface area contributed by atoms with E-state index < -0.39 is 18.5 Å².